The summed E-state index contributed by atoms with van der Waals surface area (Å²) in [7, 11) is 0. The third kappa shape index (κ3) is 3.76. The third-order valence-corrected chi connectivity index (χ3v) is 7.39. The van der Waals surface area contributed by atoms with Gasteiger partial charge in [-0.1, -0.05) is 37.6 Å². The zero-order valence-corrected chi connectivity index (χ0v) is 18.6. The molecule has 3 aliphatic rings. The number of hydrogen-bond donors (Lipinski definition) is 0. The summed E-state index contributed by atoms with van der Waals surface area (Å²) in [4.78, 5) is 2.71. The van der Waals surface area contributed by atoms with E-state index >= 15 is 0 Å². The number of nitrogens with zero attached hydrogens (tertiary/aromatic N) is 1. The molecule has 30 heavy (non-hydrogen) atoms. The predicted octanol–water partition coefficient (Wildman–Crippen LogP) is 6.21. The summed E-state index contributed by atoms with van der Waals surface area (Å²) < 4.78 is 12.1. The number of piperidine rings is 2. The van der Waals surface area contributed by atoms with E-state index in [4.69, 9.17) is 21.7 Å². The summed E-state index contributed by atoms with van der Waals surface area (Å²) in [5.74, 6) is 2.72. The van der Waals surface area contributed by atoms with Gasteiger partial charge < -0.3 is 14.4 Å². The third-order valence-electron chi connectivity index (χ3n) is 7.05. The Bertz CT molecular complexity index is 927. The standard InChI is InChI=1S/C26H31NO2S/c1-2-15-28-23-9-4-3-8-21(23)18-10-11-24-22(17-18)25(26(30)29-24)19-12-14-27-13-6-5-7-20(27)16-19/h3-4,8-11,17,19-20,25H,2,5-7,12-16H2,1H3. The van der Waals surface area contributed by atoms with Gasteiger partial charge in [0.2, 0.25) is 0 Å². The predicted molar refractivity (Wildman–Crippen MR) is 126 cm³/mol. The van der Waals surface area contributed by atoms with E-state index in [0.717, 1.165) is 41.2 Å². The van der Waals surface area contributed by atoms with E-state index < -0.39 is 0 Å². The van der Waals surface area contributed by atoms with Crippen molar-refractivity contribution in [3.63, 3.8) is 0 Å². The monoisotopic (exact) mass is 421 g/mol. The molecule has 3 aliphatic heterocycles. The molecule has 158 valence electrons. The highest BCUT2D eigenvalue weighted by Gasteiger charge is 2.41. The molecule has 3 atom stereocenters. The van der Waals surface area contributed by atoms with Crippen LogP contribution in [-0.4, -0.2) is 35.7 Å². The first kappa shape index (κ1) is 20.0. The fourth-order valence-electron chi connectivity index (χ4n) is 5.56. The molecule has 0 saturated carbocycles. The lowest BCUT2D eigenvalue weighted by Crippen LogP contribution is -2.46. The Balaban J connectivity index is 1.44. The van der Waals surface area contributed by atoms with E-state index in [1.54, 1.807) is 0 Å². The first-order chi connectivity index (χ1) is 14.7. The number of fused-ring (bicyclic) bond motifs is 2. The van der Waals surface area contributed by atoms with Crippen molar-refractivity contribution in [2.75, 3.05) is 19.7 Å². The van der Waals surface area contributed by atoms with Gasteiger partial charge in [-0.2, -0.15) is 0 Å². The van der Waals surface area contributed by atoms with Crippen molar-refractivity contribution in [1.82, 2.24) is 4.90 Å². The zero-order valence-electron chi connectivity index (χ0n) is 17.8. The quantitative estimate of drug-likeness (QED) is 0.535. The molecule has 0 amide bonds. The van der Waals surface area contributed by atoms with Gasteiger partial charge in [0.05, 0.1) is 12.5 Å². The van der Waals surface area contributed by atoms with Crippen LogP contribution in [0.4, 0.5) is 0 Å². The lowest BCUT2D eigenvalue weighted by molar-refractivity contribution is 0.0762. The Morgan fingerprint density at radius 1 is 1.10 bits per heavy atom. The second-order valence-corrected chi connectivity index (χ2v) is 9.37. The summed E-state index contributed by atoms with van der Waals surface area (Å²) in [6.45, 7) is 5.35. The Morgan fingerprint density at radius 3 is 2.90 bits per heavy atom. The minimum atomic E-state index is 0.239. The molecule has 2 saturated heterocycles. The van der Waals surface area contributed by atoms with Crippen LogP contribution in [0.25, 0.3) is 11.1 Å². The highest BCUT2D eigenvalue weighted by atomic mass is 32.1. The molecule has 5 rings (SSSR count). The maximum absolute atomic E-state index is 6.08. The largest absolute Gasteiger partial charge is 0.493 e. The van der Waals surface area contributed by atoms with Crippen LogP contribution in [0.15, 0.2) is 42.5 Å². The molecule has 0 spiro atoms. The average molecular weight is 422 g/mol. The lowest BCUT2D eigenvalue weighted by Gasteiger charge is -2.43. The van der Waals surface area contributed by atoms with Gasteiger partial charge in [0.25, 0.3) is 0 Å². The van der Waals surface area contributed by atoms with Crippen LogP contribution < -0.4 is 9.47 Å². The van der Waals surface area contributed by atoms with Gasteiger partial charge in [0.15, 0.2) is 5.05 Å². The molecule has 2 aromatic rings. The van der Waals surface area contributed by atoms with Crippen LogP contribution in [-0.2, 0) is 0 Å². The van der Waals surface area contributed by atoms with Crippen LogP contribution in [0.2, 0.25) is 0 Å². The van der Waals surface area contributed by atoms with E-state index in [9.17, 15) is 0 Å². The van der Waals surface area contributed by atoms with Crippen LogP contribution in [0.5, 0.6) is 11.5 Å². The Morgan fingerprint density at radius 2 is 2.00 bits per heavy atom. The molecule has 4 heteroatoms. The highest BCUT2D eigenvalue weighted by molar-refractivity contribution is 7.80. The van der Waals surface area contributed by atoms with Gasteiger partial charge >= 0.3 is 0 Å². The Hall–Kier alpha value is -1.91. The van der Waals surface area contributed by atoms with Crippen LogP contribution in [0, 0.1) is 5.92 Å². The summed E-state index contributed by atoms with van der Waals surface area (Å²) in [6, 6.07) is 15.6. The number of para-hydroxylation sites is 1. The summed E-state index contributed by atoms with van der Waals surface area (Å²) in [5, 5.41) is 0.770. The van der Waals surface area contributed by atoms with Gasteiger partial charge in [-0.25, -0.2) is 0 Å². The average Bonchev–Trinajstić information content (AvgIpc) is 3.12. The molecule has 2 aromatic carbocycles. The number of hydrogen-bond acceptors (Lipinski definition) is 4. The smallest absolute Gasteiger partial charge is 0.175 e. The minimum Gasteiger partial charge on any atom is -0.493 e. The number of thiocarbonyl (C=S) groups is 1. The SMILES string of the molecule is CCCOc1ccccc1-c1ccc2c(c1)C(C1CCN3CCCCC3C1)C(=S)O2. The fourth-order valence-corrected chi connectivity index (χ4v) is 5.97. The number of benzene rings is 2. The molecule has 3 heterocycles. The summed E-state index contributed by atoms with van der Waals surface area (Å²) in [5.41, 5.74) is 3.61. The van der Waals surface area contributed by atoms with Crippen molar-refractivity contribution in [3.8, 4) is 22.6 Å². The molecule has 0 N–H and O–H groups in total. The van der Waals surface area contributed by atoms with Crippen LogP contribution in [0.3, 0.4) is 0 Å². The van der Waals surface area contributed by atoms with Crippen molar-refractivity contribution in [2.45, 2.75) is 57.4 Å². The molecule has 0 aliphatic carbocycles. The molecule has 3 nitrogen and oxygen atoms in total. The fraction of sp³-hybridized carbons (Fsp3) is 0.500. The molecule has 2 fully saturated rings. The minimum absolute atomic E-state index is 0.239. The topological polar surface area (TPSA) is 21.7 Å². The second-order valence-electron chi connectivity index (χ2n) is 8.97. The normalized spacial score (nSPS) is 26.0. The van der Waals surface area contributed by atoms with Crippen molar-refractivity contribution >= 4 is 17.3 Å². The molecule has 0 aromatic heterocycles. The molecular weight excluding hydrogens is 390 g/mol. The maximum Gasteiger partial charge on any atom is 0.175 e. The van der Waals surface area contributed by atoms with Crippen LogP contribution >= 0.6 is 12.2 Å². The first-order valence-electron chi connectivity index (χ1n) is 11.6. The number of rotatable bonds is 5. The van der Waals surface area contributed by atoms with E-state index in [1.165, 1.54) is 56.3 Å². The zero-order chi connectivity index (χ0) is 20.5. The van der Waals surface area contributed by atoms with Crippen molar-refractivity contribution in [1.29, 1.82) is 0 Å². The van der Waals surface area contributed by atoms with Gasteiger partial charge in [-0.15, -0.1) is 0 Å². The second kappa shape index (κ2) is 8.68. The molecular formula is C26H31NO2S. The van der Waals surface area contributed by atoms with Gasteiger partial charge in [-0.05, 0) is 87.1 Å². The first-order valence-corrected chi connectivity index (χ1v) is 12.0. The maximum atomic E-state index is 6.08. The van der Waals surface area contributed by atoms with Gasteiger partial charge in [-0.3, -0.25) is 0 Å². The van der Waals surface area contributed by atoms with Gasteiger partial charge in [0, 0.05) is 17.2 Å². The van der Waals surface area contributed by atoms with Crippen molar-refractivity contribution < 1.29 is 9.47 Å². The lowest BCUT2D eigenvalue weighted by atomic mass is 9.76. The van der Waals surface area contributed by atoms with E-state index in [-0.39, 0.29) is 5.92 Å². The summed E-state index contributed by atoms with van der Waals surface area (Å²) in [6.07, 6.45) is 7.53. The van der Waals surface area contributed by atoms with Crippen LogP contribution in [0.1, 0.15) is 56.9 Å². The van der Waals surface area contributed by atoms with Gasteiger partial charge in [0.1, 0.15) is 11.5 Å². The Kier molecular flexibility index (Phi) is 5.79. The Labute approximate surface area is 185 Å². The van der Waals surface area contributed by atoms with E-state index in [1.807, 2.05) is 6.07 Å². The van der Waals surface area contributed by atoms with E-state index in [2.05, 4.69) is 48.2 Å². The van der Waals surface area contributed by atoms with Crippen molar-refractivity contribution in [2.24, 2.45) is 5.92 Å². The molecule has 3 unspecified atom stereocenters. The molecule has 0 radical (unpaired) electrons. The molecule has 0 bridgehead atoms. The van der Waals surface area contributed by atoms with Crippen molar-refractivity contribution in [3.05, 3.63) is 48.0 Å². The summed E-state index contributed by atoms with van der Waals surface area (Å²) >= 11 is 5.76. The number of ether oxygens (including phenoxy) is 2. The van der Waals surface area contributed by atoms with E-state index in [0.29, 0.717) is 5.92 Å². The highest BCUT2D eigenvalue weighted by Crippen LogP contribution is 2.47.